The maximum atomic E-state index is 12.8. The van der Waals surface area contributed by atoms with E-state index in [0.717, 1.165) is 23.4 Å². The number of nitrogens with zero attached hydrogens (tertiary/aromatic N) is 2. The standard InChI is InChI=1S/C19H17F3N4/c1-12-6-3-4-9-16(12)25-17-10-13(2)23-18(26-17)24-15-8-5-7-14(11-15)19(20,21)22/h3-11H,1-2H3,(H2,23,24,25,26). The van der Waals surface area contributed by atoms with Crippen molar-refractivity contribution < 1.29 is 13.2 Å². The molecule has 0 fully saturated rings. The molecule has 0 radical (unpaired) electrons. The molecule has 0 spiro atoms. The van der Waals surface area contributed by atoms with Gasteiger partial charge in [-0.05, 0) is 43.7 Å². The molecule has 26 heavy (non-hydrogen) atoms. The Bertz CT molecular complexity index is 923. The topological polar surface area (TPSA) is 49.8 Å². The molecule has 0 aliphatic rings. The van der Waals surface area contributed by atoms with Crippen LogP contribution in [0.2, 0.25) is 0 Å². The van der Waals surface area contributed by atoms with Crippen LogP contribution in [0.15, 0.2) is 54.6 Å². The number of benzene rings is 2. The van der Waals surface area contributed by atoms with Crippen LogP contribution in [0.3, 0.4) is 0 Å². The average Bonchev–Trinajstić information content (AvgIpc) is 2.56. The van der Waals surface area contributed by atoms with Gasteiger partial charge in [0.1, 0.15) is 5.82 Å². The molecule has 0 amide bonds. The predicted molar refractivity (Wildman–Crippen MR) is 96.0 cm³/mol. The van der Waals surface area contributed by atoms with E-state index in [1.54, 1.807) is 13.0 Å². The Morgan fingerprint density at radius 1 is 0.846 bits per heavy atom. The number of anilines is 4. The lowest BCUT2D eigenvalue weighted by Gasteiger charge is -2.12. The molecule has 0 atom stereocenters. The van der Waals surface area contributed by atoms with Crippen LogP contribution in [0, 0.1) is 13.8 Å². The highest BCUT2D eigenvalue weighted by molar-refractivity contribution is 5.62. The van der Waals surface area contributed by atoms with Crippen LogP contribution in [-0.4, -0.2) is 9.97 Å². The molecule has 0 saturated carbocycles. The number of hydrogen-bond donors (Lipinski definition) is 2. The highest BCUT2D eigenvalue weighted by Crippen LogP contribution is 2.31. The van der Waals surface area contributed by atoms with Gasteiger partial charge in [0.2, 0.25) is 5.95 Å². The molecular formula is C19H17F3N4. The molecule has 1 aromatic heterocycles. The van der Waals surface area contributed by atoms with Crippen LogP contribution >= 0.6 is 0 Å². The SMILES string of the molecule is Cc1cc(Nc2ccccc2C)nc(Nc2cccc(C(F)(F)F)c2)n1. The minimum atomic E-state index is -4.40. The molecule has 0 bridgehead atoms. The van der Waals surface area contributed by atoms with E-state index in [1.165, 1.54) is 12.1 Å². The van der Waals surface area contributed by atoms with Gasteiger partial charge in [-0.1, -0.05) is 24.3 Å². The zero-order chi connectivity index (χ0) is 18.7. The summed E-state index contributed by atoms with van der Waals surface area (Å²) in [6.45, 7) is 3.76. The van der Waals surface area contributed by atoms with Crippen molar-refractivity contribution in [3.05, 3.63) is 71.4 Å². The summed E-state index contributed by atoms with van der Waals surface area (Å²) in [7, 11) is 0. The van der Waals surface area contributed by atoms with Crippen LogP contribution in [0.4, 0.5) is 36.3 Å². The second kappa shape index (κ2) is 7.03. The Labute approximate surface area is 149 Å². The molecule has 134 valence electrons. The van der Waals surface area contributed by atoms with Crippen molar-refractivity contribution in [3.8, 4) is 0 Å². The molecule has 0 saturated heterocycles. The third kappa shape index (κ3) is 4.30. The van der Waals surface area contributed by atoms with E-state index in [1.807, 2.05) is 31.2 Å². The molecule has 1 heterocycles. The Morgan fingerprint density at radius 3 is 2.35 bits per heavy atom. The van der Waals surface area contributed by atoms with Crippen molar-refractivity contribution in [1.82, 2.24) is 9.97 Å². The molecule has 2 N–H and O–H groups in total. The van der Waals surface area contributed by atoms with Crippen molar-refractivity contribution in [2.45, 2.75) is 20.0 Å². The van der Waals surface area contributed by atoms with E-state index in [9.17, 15) is 13.2 Å². The van der Waals surface area contributed by atoms with E-state index in [2.05, 4.69) is 20.6 Å². The third-order valence-electron chi connectivity index (χ3n) is 3.71. The van der Waals surface area contributed by atoms with Crippen LogP contribution in [-0.2, 0) is 6.18 Å². The summed E-state index contributed by atoms with van der Waals surface area (Å²) in [5, 5.41) is 6.04. The predicted octanol–water partition coefficient (Wildman–Crippen LogP) is 5.60. The zero-order valence-electron chi connectivity index (χ0n) is 14.2. The normalized spacial score (nSPS) is 11.3. The number of hydrogen-bond acceptors (Lipinski definition) is 4. The van der Waals surface area contributed by atoms with Crippen molar-refractivity contribution in [3.63, 3.8) is 0 Å². The fourth-order valence-electron chi connectivity index (χ4n) is 2.44. The highest BCUT2D eigenvalue weighted by atomic mass is 19.4. The van der Waals surface area contributed by atoms with Crippen LogP contribution in [0.25, 0.3) is 0 Å². The lowest BCUT2D eigenvalue weighted by molar-refractivity contribution is -0.137. The molecular weight excluding hydrogens is 341 g/mol. The van der Waals surface area contributed by atoms with Gasteiger partial charge in [0.15, 0.2) is 0 Å². The molecule has 2 aromatic carbocycles. The number of nitrogens with one attached hydrogen (secondary N) is 2. The number of rotatable bonds is 4. The van der Waals surface area contributed by atoms with Gasteiger partial charge in [0.05, 0.1) is 5.56 Å². The molecule has 0 unspecified atom stereocenters. The first-order chi connectivity index (χ1) is 12.3. The zero-order valence-corrected chi connectivity index (χ0v) is 14.2. The molecule has 3 aromatic rings. The van der Waals surface area contributed by atoms with Gasteiger partial charge < -0.3 is 10.6 Å². The highest BCUT2D eigenvalue weighted by Gasteiger charge is 2.30. The minimum absolute atomic E-state index is 0.223. The van der Waals surface area contributed by atoms with Crippen LogP contribution in [0.1, 0.15) is 16.8 Å². The number of aryl methyl sites for hydroxylation is 2. The maximum absolute atomic E-state index is 12.8. The van der Waals surface area contributed by atoms with E-state index in [4.69, 9.17) is 0 Å². The van der Waals surface area contributed by atoms with Gasteiger partial charge in [-0.15, -0.1) is 0 Å². The second-order valence-corrected chi connectivity index (χ2v) is 5.86. The number of aromatic nitrogens is 2. The minimum Gasteiger partial charge on any atom is -0.340 e. The first-order valence-corrected chi connectivity index (χ1v) is 7.94. The number of alkyl halides is 3. The number of para-hydroxylation sites is 1. The summed E-state index contributed by atoms with van der Waals surface area (Å²) < 4.78 is 38.5. The second-order valence-electron chi connectivity index (χ2n) is 5.86. The maximum Gasteiger partial charge on any atom is 0.416 e. The lowest BCUT2D eigenvalue weighted by Crippen LogP contribution is -2.06. The molecule has 4 nitrogen and oxygen atoms in total. The third-order valence-corrected chi connectivity index (χ3v) is 3.71. The van der Waals surface area contributed by atoms with E-state index >= 15 is 0 Å². The summed E-state index contributed by atoms with van der Waals surface area (Å²) in [6, 6.07) is 14.4. The summed E-state index contributed by atoms with van der Waals surface area (Å²) in [4.78, 5) is 8.58. The monoisotopic (exact) mass is 358 g/mol. The van der Waals surface area contributed by atoms with Gasteiger partial charge in [0.25, 0.3) is 0 Å². The number of halogens is 3. The van der Waals surface area contributed by atoms with Crippen molar-refractivity contribution in [1.29, 1.82) is 0 Å². The Morgan fingerprint density at radius 2 is 1.62 bits per heavy atom. The first kappa shape index (κ1) is 17.7. The van der Waals surface area contributed by atoms with E-state index < -0.39 is 11.7 Å². The average molecular weight is 358 g/mol. The smallest absolute Gasteiger partial charge is 0.340 e. The van der Waals surface area contributed by atoms with Crippen LogP contribution in [0.5, 0.6) is 0 Å². The summed E-state index contributed by atoms with van der Waals surface area (Å²) >= 11 is 0. The molecule has 0 aliphatic heterocycles. The molecule has 0 aliphatic carbocycles. The van der Waals surface area contributed by atoms with E-state index in [-0.39, 0.29) is 11.6 Å². The summed E-state index contributed by atoms with van der Waals surface area (Å²) in [6.07, 6.45) is -4.40. The quantitative estimate of drug-likeness (QED) is 0.637. The Kier molecular flexibility index (Phi) is 4.79. The molecule has 3 rings (SSSR count). The van der Waals surface area contributed by atoms with Crippen LogP contribution < -0.4 is 10.6 Å². The lowest BCUT2D eigenvalue weighted by atomic mass is 10.2. The van der Waals surface area contributed by atoms with Gasteiger partial charge in [-0.3, -0.25) is 0 Å². The van der Waals surface area contributed by atoms with Gasteiger partial charge in [-0.2, -0.15) is 18.2 Å². The molecule has 7 heteroatoms. The van der Waals surface area contributed by atoms with Gasteiger partial charge in [-0.25, -0.2) is 4.98 Å². The first-order valence-electron chi connectivity index (χ1n) is 7.94. The summed E-state index contributed by atoms with van der Waals surface area (Å²) in [5.41, 5.74) is 2.18. The van der Waals surface area contributed by atoms with Gasteiger partial charge >= 0.3 is 6.18 Å². The largest absolute Gasteiger partial charge is 0.416 e. The Balaban J connectivity index is 1.85. The van der Waals surface area contributed by atoms with Crippen molar-refractivity contribution in [2.75, 3.05) is 10.6 Å². The van der Waals surface area contributed by atoms with Crippen molar-refractivity contribution in [2.24, 2.45) is 0 Å². The fourth-order valence-corrected chi connectivity index (χ4v) is 2.44. The summed E-state index contributed by atoms with van der Waals surface area (Å²) in [5.74, 6) is 0.779. The Hall–Kier alpha value is -3.09. The van der Waals surface area contributed by atoms with E-state index in [0.29, 0.717) is 11.5 Å². The van der Waals surface area contributed by atoms with Crippen molar-refractivity contribution >= 4 is 23.1 Å². The fraction of sp³-hybridized carbons (Fsp3) is 0.158. The van der Waals surface area contributed by atoms with Gasteiger partial charge in [0, 0.05) is 23.1 Å².